The Labute approximate surface area is 322 Å². The van der Waals surface area contributed by atoms with Crippen LogP contribution in [0, 0.1) is 40.4 Å². The van der Waals surface area contributed by atoms with Gasteiger partial charge in [-0.3, -0.25) is 0 Å². The molecule has 0 saturated carbocycles. The molecule has 0 N–H and O–H groups in total. The van der Waals surface area contributed by atoms with Crippen LogP contribution in [0.3, 0.4) is 0 Å². The van der Waals surface area contributed by atoms with Gasteiger partial charge in [-0.1, -0.05) is 121 Å². The first-order valence-electron chi connectivity index (χ1n) is 18.1. The normalized spacial score (nSPS) is 11.6. The van der Waals surface area contributed by atoms with Crippen molar-refractivity contribution in [2.75, 3.05) is 0 Å². The van der Waals surface area contributed by atoms with Crippen LogP contribution in [0.25, 0.3) is 88.4 Å². The number of benzene rings is 8. The van der Waals surface area contributed by atoms with E-state index in [1.165, 1.54) is 12.1 Å². The van der Waals surface area contributed by atoms with Crippen molar-refractivity contribution in [1.29, 1.82) is 5.26 Å². The molecular formula is C49H26F5N3. The Balaban J connectivity index is 1.42. The van der Waals surface area contributed by atoms with Gasteiger partial charge in [0.1, 0.15) is 0 Å². The zero-order chi connectivity index (χ0) is 38.9. The molecule has 0 radical (unpaired) electrons. The molecule has 0 aliphatic carbocycles. The molecule has 10 rings (SSSR count). The van der Waals surface area contributed by atoms with Crippen molar-refractivity contribution < 1.29 is 22.0 Å². The molecule has 0 aliphatic heterocycles. The minimum atomic E-state index is -2.26. The number of hydrogen-bond acceptors (Lipinski definition) is 1. The van der Waals surface area contributed by atoms with E-state index in [1.54, 1.807) is 21.3 Å². The van der Waals surface area contributed by atoms with Gasteiger partial charge in [-0.2, -0.15) is 5.26 Å². The minimum Gasteiger partial charge on any atom is -0.308 e. The van der Waals surface area contributed by atoms with E-state index in [1.807, 2.05) is 133 Å². The van der Waals surface area contributed by atoms with E-state index in [-0.39, 0.29) is 22.5 Å². The number of nitrogens with zero attached hydrogens (tertiary/aromatic N) is 3. The summed E-state index contributed by atoms with van der Waals surface area (Å²) < 4.78 is 82.3. The van der Waals surface area contributed by atoms with E-state index >= 15 is 17.6 Å². The lowest BCUT2D eigenvalue weighted by atomic mass is 9.96. The molecular weight excluding hydrogens is 726 g/mol. The molecule has 8 aromatic carbocycles. The van der Waals surface area contributed by atoms with Crippen LogP contribution in [-0.2, 0) is 0 Å². The highest BCUT2D eigenvalue weighted by Crippen LogP contribution is 2.46. The summed E-state index contributed by atoms with van der Waals surface area (Å²) in [6.45, 7) is 0. The first kappa shape index (κ1) is 34.0. The molecule has 57 heavy (non-hydrogen) atoms. The number of halogens is 5. The van der Waals surface area contributed by atoms with Gasteiger partial charge in [-0.25, -0.2) is 22.0 Å². The zero-order valence-electron chi connectivity index (χ0n) is 29.7. The lowest BCUT2D eigenvalue weighted by molar-refractivity contribution is 0.381. The number of fused-ring (bicyclic) bond motifs is 6. The largest absolute Gasteiger partial charge is 0.308 e. The van der Waals surface area contributed by atoms with Crippen LogP contribution in [-0.4, -0.2) is 9.13 Å². The summed E-state index contributed by atoms with van der Waals surface area (Å²) >= 11 is 0. The molecule has 0 bridgehead atoms. The SMILES string of the molecule is N#Cc1cc(-n2c3ccccc3c3ccc(-c4ccccc4)cc32)c(-c2c(F)c(F)c(F)c(F)c2F)c(-n2c3ccccc3c3ccc(-c4ccccc4)cc32)c1. The third kappa shape index (κ3) is 5.16. The fourth-order valence-electron chi connectivity index (χ4n) is 8.19. The van der Waals surface area contributed by atoms with Gasteiger partial charge < -0.3 is 9.13 Å². The topological polar surface area (TPSA) is 33.6 Å². The van der Waals surface area contributed by atoms with Gasteiger partial charge in [0.2, 0.25) is 5.82 Å². The molecule has 2 aromatic heterocycles. The van der Waals surface area contributed by atoms with E-state index in [9.17, 15) is 9.65 Å². The maximum atomic E-state index is 16.5. The van der Waals surface area contributed by atoms with E-state index in [4.69, 9.17) is 0 Å². The van der Waals surface area contributed by atoms with Crippen LogP contribution in [0.5, 0.6) is 0 Å². The lowest BCUT2D eigenvalue weighted by Gasteiger charge is -2.22. The number of rotatable bonds is 5. The fraction of sp³-hybridized carbons (Fsp3) is 0. The van der Waals surface area contributed by atoms with Crippen LogP contribution in [0.1, 0.15) is 5.56 Å². The third-order valence-electron chi connectivity index (χ3n) is 10.7. The Morgan fingerprint density at radius 1 is 0.351 bits per heavy atom. The van der Waals surface area contributed by atoms with Gasteiger partial charge in [0, 0.05) is 27.1 Å². The van der Waals surface area contributed by atoms with Crippen molar-refractivity contribution in [2.24, 2.45) is 0 Å². The molecule has 2 heterocycles. The molecule has 0 aliphatic rings. The van der Waals surface area contributed by atoms with E-state index < -0.39 is 34.6 Å². The first-order chi connectivity index (χ1) is 27.8. The monoisotopic (exact) mass is 751 g/mol. The number of nitriles is 1. The highest BCUT2D eigenvalue weighted by atomic mass is 19.2. The molecule has 10 aromatic rings. The van der Waals surface area contributed by atoms with Crippen LogP contribution in [0.4, 0.5) is 22.0 Å². The van der Waals surface area contributed by atoms with Crippen molar-refractivity contribution >= 4 is 43.6 Å². The average molecular weight is 752 g/mol. The standard InChI is InChI=1S/C49H26F5N3/c50-45-44(46(51)48(53)49(54)47(45)52)43-41(56-37-17-9-7-15-33(37)35-21-19-31(25-39(35)56)29-11-3-1-4-12-29)23-28(27-55)24-42(43)57-38-18-10-8-16-34(38)36-22-20-32(26-40(36)57)30-13-5-2-6-14-30/h1-26H. The summed E-state index contributed by atoms with van der Waals surface area (Å²) in [4.78, 5) is 0. The molecule has 0 spiro atoms. The molecule has 272 valence electrons. The van der Waals surface area contributed by atoms with Gasteiger partial charge in [0.05, 0.1) is 50.6 Å². The van der Waals surface area contributed by atoms with Crippen LogP contribution >= 0.6 is 0 Å². The van der Waals surface area contributed by atoms with E-state index in [0.29, 0.717) is 22.1 Å². The number of para-hydroxylation sites is 2. The summed E-state index contributed by atoms with van der Waals surface area (Å²) in [5, 5.41) is 13.8. The Bertz CT molecular complexity index is 3100. The number of aromatic nitrogens is 2. The highest BCUT2D eigenvalue weighted by molar-refractivity contribution is 6.13. The van der Waals surface area contributed by atoms with Gasteiger partial charge in [-0.15, -0.1) is 0 Å². The second-order valence-corrected chi connectivity index (χ2v) is 13.8. The van der Waals surface area contributed by atoms with Crippen LogP contribution in [0.2, 0.25) is 0 Å². The highest BCUT2D eigenvalue weighted by Gasteiger charge is 2.32. The van der Waals surface area contributed by atoms with Crippen molar-refractivity contribution in [1.82, 2.24) is 9.13 Å². The smallest absolute Gasteiger partial charge is 0.200 e. The van der Waals surface area contributed by atoms with Gasteiger partial charge in [0.15, 0.2) is 23.3 Å². The summed E-state index contributed by atoms with van der Waals surface area (Å²) in [5.41, 5.74) is 4.65. The van der Waals surface area contributed by atoms with Crippen LogP contribution < -0.4 is 0 Å². The predicted octanol–water partition coefficient (Wildman–Crippen LogP) is 13.4. The third-order valence-corrected chi connectivity index (χ3v) is 10.7. The second-order valence-electron chi connectivity index (χ2n) is 13.8. The van der Waals surface area contributed by atoms with Crippen molar-refractivity contribution in [3.63, 3.8) is 0 Å². The Kier molecular flexibility index (Phi) is 7.80. The van der Waals surface area contributed by atoms with Gasteiger partial charge in [0.25, 0.3) is 0 Å². The molecule has 0 atom stereocenters. The molecule has 0 unspecified atom stereocenters. The van der Waals surface area contributed by atoms with E-state index in [0.717, 1.165) is 43.8 Å². The lowest BCUT2D eigenvalue weighted by Crippen LogP contribution is -2.10. The Morgan fingerprint density at radius 3 is 1.18 bits per heavy atom. The number of hydrogen-bond donors (Lipinski definition) is 0. The summed E-state index contributed by atoms with van der Waals surface area (Å²) in [5.74, 6) is -10.4. The van der Waals surface area contributed by atoms with Crippen molar-refractivity contribution in [3.8, 4) is 50.8 Å². The summed E-state index contributed by atoms with van der Waals surface area (Å²) in [7, 11) is 0. The van der Waals surface area contributed by atoms with E-state index in [2.05, 4.69) is 6.07 Å². The molecule has 3 nitrogen and oxygen atoms in total. The fourth-order valence-corrected chi connectivity index (χ4v) is 8.19. The van der Waals surface area contributed by atoms with Gasteiger partial charge >= 0.3 is 0 Å². The molecule has 0 amide bonds. The second kappa shape index (κ2) is 13.1. The Morgan fingerprint density at radius 2 is 0.737 bits per heavy atom. The van der Waals surface area contributed by atoms with Crippen LogP contribution in [0.15, 0.2) is 158 Å². The Hall–Kier alpha value is -7.50. The molecule has 0 fully saturated rings. The summed E-state index contributed by atoms with van der Waals surface area (Å²) in [6.07, 6.45) is 0. The summed E-state index contributed by atoms with van der Waals surface area (Å²) in [6, 6.07) is 50.9. The maximum absolute atomic E-state index is 16.5. The predicted molar refractivity (Wildman–Crippen MR) is 216 cm³/mol. The molecule has 0 saturated heterocycles. The first-order valence-corrected chi connectivity index (χ1v) is 18.1. The minimum absolute atomic E-state index is 0.0498. The maximum Gasteiger partial charge on any atom is 0.200 e. The van der Waals surface area contributed by atoms with Gasteiger partial charge in [-0.05, 0) is 58.7 Å². The molecule has 8 heteroatoms. The van der Waals surface area contributed by atoms with Crippen molar-refractivity contribution in [3.05, 3.63) is 192 Å². The quantitative estimate of drug-likeness (QED) is 0.0979. The zero-order valence-corrected chi connectivity index (χ0v) is 29.7. The van der Waals surface area contributed by atoms with Crippen molar-refractivity contribution in [2.45, 2.75) is 0 Å². The average Bonchev–Trinajstić information content (AvgIpc) is 3.77.